The van der Waals surface area contributed by atoms with Crippen molar-refractivity contribution in [2.75, 3.05) is 18.6 Å². The Morgan fingerprint density at radius 1 is 1.44 bits per heavy atom. The molecule has 4 nitrogen and oxygen atoms in total. The fraction of sp³-hybridized carbons (Fsp3) is 0.818. The molecule has 0 radical (unpaired) electrons. The third-order valence-corrected chi connectivity index (χ3v) is 4.61. The summed E-state index contributed by atoms with van der Waals surface area (Å²) in [6.07, 6.45) is 3.68. The van der Waals surface area contributed by atoms with Crippen molar-refractivity contribution in [2.24, 2.45) is 5.92 Å². The molecule has 3 rings (SSSR count). The topological polar surface area (TPSA) is 51.0 Å². The Kier molecular flexibility index (Phi) is 2.90. The van der Waals surface area contributed by atoms with Gasteiger partial charge in [-0.1, -0.05) is 5.16 Å². The van der Waals surface area contributed by atoms with Gasteiger partial charge in [0.25, 0.3) is 0 Å². The third kappa shape index (κ3) is 2.11. The summed E-state index contributed by atoms with van der Waals surface area (Å²) >= 11 is 1.95. The first-order chi connectivity index (χ1) is 7.86. The molecule has 2 unspecified atom stereocenters. The largest absolute Gasteiger partial charge is 0.339 e. The summed E-state index contributed by atoms with van der Waals surface area (Å²) < 4.78 is 5.39. The van der Waals surface area contributed by atoms with Crippen LogP contribution in [0.25, 0.3) is 0 Å². The van der Waals surface area contributed by atoms with Gasteiger partial charge >= 0.3 is 0 Å². The van der Waals surface area contributed by atoms with Gasteiger partial charge in [-0.05, 0) is 25.8 Å². The van der Waals surface area contributed by atoms with Gasteiger partial charge in [0, 0.05) is 24.0 Å². The van der Waals surface area contributed by atoms with Crippen LogP contribution in [0, 0.1) is 5.92 Å². The molecule has 2 heterocycles. The molecule has 16 heavy (non-hydrogen) atoms. The number of nitrogens with zero attached hydrogens (tertiary/aromatic N) is 2. The molecule has 1 saturated heterocycles. The van der Waals surface area contributed by atoms with E-state index in [9.17, 15) is 0 Å². The van der Waals surface area contributed by atoms with E-state index in [-0.39, 0.29) is 0 Å². The van der Waals surface area contributed by atoms with Gasteiger partial charge in [-0.25, -0.2) is 0 Å². The van der Waals surface area contributed by atoms with Crippen molar-refractivity contribution in [3.63, 3.8) is 0 Å². The van der Waals surface area contributed by atoms with E-state index in [0.717, 1.165) is 35.6 Å². The average Bonchev–Trinajstić information content (AvgIpc) is 2.82. The molecule has 0 bridgehead atoms. The molecule has 5 heteroatoms. The van der Waals surface area contributed by atoms with E-state index >= 15 is 0 Å². The van der Waals surface area contributed by atoms with E-state index in [1.54, 1.807) is 0 Å². The molecule has 0 spiro atoms. The minimum Gasteiger partial charge on any atom is -0.339 e. The maximum atomic E-state index is 5.39. The predicted octanol–water partition coefficient (Wildman–Crippen LogP) is 1.44. The summed E-state index contributed by atoms with van der Waals surface area (Å²) in [4.78, 5) is 4.54. The summed E-state index contributed by atoms with van der Waals surface area (Å²) in [6.45, 7) is 0. The Balaban J connectivity index is 1.70. The molecule has 2 atom stereocenters. The first kappa shape index (κ1) is 10.6. The number of nitrogens with one attached hydrogen (secondary N) is 1. The van der Waals surface area contributed by atoms with Gasteiger partial charge in [-0.3, -0.25) is 0 Å². The lowest BCUT2D eigenvalue weighted by atomic mass is 10.0. The number of likely N-dealkylation sites (N-methyl/N-ethyl adjacent to an activating group) is 1. The smallest absolute Gasteiger partial charge is 0.232 e. The summed E-state index contributed by atoms with van der Waals surface area (Å²) in [5.41, 5.74) is 0. The van der Waals surface area contributed by atoms with E-state index in [2.05, 4.69) is 15.5 Å². The molecule has 2 fully saturated rings. The van der Waals surface area contributed by atoms with Crippen LogP contribution >= 0.6 is 11.8 Å². The van der Waals surface area contributed by atoms with Crippen LogP contribution in [-0.2, 0) is 6.42 Å². The van der Waals surface area contributed by atoms with Crippen LogP contribution in [0.5, 0.6) is 0 Å². The zero-order chi connectivity index (χ0) is 11.0. The maximum absolute atomic E-state index is 5.39. The van der Waals surface area contributed by atoms with Crippen molar-refractivity contribution < 1.29 is 4.52 Å². The Morgan fingerprint density at radius 3 is 3.06 bits per heavy atom. The zero-order valence-electron chi connectivity index (χ0n) is 9.48. The monoisotopic (exact) mass is 239 g/mol. The molecule has 1 aliphatic carbocycles. The number of thioether (sulfide) groups is 1. The summed E-state index contributed by atoms with van der Waals surface area (Å²) in [5, 5.41) is 7.41. The molecule has 88 valence electrons. The van der Waals surface area contributed by atoms with Gasteiger partial charge in [-0.2, -0.15) is 16.7 Å². The Labute approximate surface area is 99.6 Å². The molecule has 1 aromatic heterocycles. The first-order valence-corrected chi connectivity index (χ1v) is 7.10. The van der Waals surface area contributed by atoms with Crippen LogP contribution < -0.4 is 5.32 Å². The second-order valence-electron chi connectivity index (χ2n) is 4.74. The van der Waals surface area contributed by atoms with E-state index in [0.29, 0.717) is 12.0 Å². The number of hydrogen-bond acceptors (Lipinski definition) is 5. The summed E-state index contributed by atoms with van der Waals surface area (Å²) in [7, 11) is 2.00. The summed E-state index contributed by atoms with van der Waals surface area (Å²) in [5.74, 6) is 5.20. The number of rotatable bonds is 4. The minimum atomic E-state index is 0.399. The lowest BCUT2D eigenvalue weighted by Gasteiger charge is -2.13. The van der Waals surface area contributed by atoms with Gasteiger partial charge in [0.15, 0.2) is 5.82 Å². The third-order valence-electron chi connectivity index (χ3n) is 3.42. The number of aromatic nitrogens is 2. The van der Waals surface area contributed by atoms with Crippen LogP contribution in [0.3, 0.4) is 0 Å². The molecular formula is C11H17N3OS. The van der Waals surface area contributed by atoms with Gasteiger partial charge in [-0.15, -0.1) is 0 Å². The average molecular weight is 239 g/mol. The van der Waals surface area contributed by atoms with Crippen molar-refractivity contribution >= 4 is 11.8 Å². The maximum Gasteiger partial charge on any atom is 0.232 e. The molecular weight excluding hydrogens is 222 g/mol. The highest BCUT2D eigenvalue weighted by atomic mass is 32.2. The summed E-state index contributed by atoms with van der Waals surface area (Å²) in [6, 6.07) is 0.485. The van der Waals surface area contributed by atoms with Crippen LogP contribution in [0.1, 0.15) is 30.5 Å². The minimum absolute atomic E-state index is 0.399. The van der Waals surface area contributed by atoms with Crippen LogP contribution in [0.15, 0.2) is 4.52 Å². The van der Waals surface area contributed by atoms with Crippen molar-refractivity contribution in [1.29, 1.82) is 0 Å². The zero-order valence-corrected chi connectivity index (χ0v) is 10.3. The molecule has 0 amide bonds. The Bertz CT molecular complexity index is 364. The molecule has 1 aromatic rings. The molecule has 1 saturated carbocycles. The van der Waals surface area contributed by atoms with Crippen molar-refractivity contribution in [3.8, 4) is 0 Å². The van der Waals surface area contributed by atoms with Gasteiger partial charge in [0.1, 0.15) is 0 Å². The highest BCUT2D eigenvalue weighted by Crippen LogP contribution is 2.34. The van der Waals surface area contributed by atoms with Gasteiger partial charge < -0.3 is 9.84 Å². The molecule has 1 N–H and O–H groups in total. The second-order valence-corrected chi connectivity index (χ2v) is 5.81. The highest BCUT2D eigenvalue weighted by Gasteiger charge is 2.33. The SMILES string of the molecule is CNC1CSCC1c1nc(CC2CC2)no1. The quantitative estimate of drug-likeness (QED) is 0.861. The molecule has 0 aromatic carbocycles. The van der Waals surface area contributed by atoms with Crippen molar-refractivity contribution in [1.82, 2.24) is 15.5 Å². The lowest BCUT2D eigenvalue weighted by Crippen LogP contribution is -2.31. The number of hydrogen-bond donors (Lipinski definition) is 1. The fourth-order valence-electron chi connectivity index (χ4n) is 2.16. The second kappa shape index (κ2) is 4.37. The normalized spacial score (nSPS) is 29.8. The predicted molar refractivity (Wildman–Crippen MR) is 63.6 cm³/mol. The molecule has 2 aliphatic rings. The van der Waals surface area contributed by atoms with Gasteiger partial charge in [0.2, 0.25) is 5.89 Å². The Morgan fingerprint density at radius 2 is 2.31 bits per heavy atom. The van der Waals surface area contributed by atoms with Gasteiger partial charge in [0.05, 0.1) is 5.92 Å². The van der Waals surface area contributed by atoms with Crippen molar-refractivity contribution in [3.05, 3.63) is 11.7 Å². The van der Waals surface area contributed by atoms with Crippen molar-refractivity contribution in [2.45, 2.75) is 31.2 Å². The standard InChI is InChI=1S/C11H17N3OS/c1-12-9-6-16-5-8(9)11-13-10(14-15-11)4-7-2-3-7/h7-9,12H,2-6H2,1H3. The first-order valence-electron chi connectivity index (χ1n) is 5.94. The van der Waals surface area contributed by atoms with E-state index in [1.807, 2.05) is 18.8 Å². The van der Waals surface area contributed by atoms with Crippen LogP contribution in [0.4, 0.5) is 0 Å². The lowest BCUT2D eigenvalue weighted by molar-refractivity contribution is 0.340. The van der Waals surface area contributed by atoms with Crippen LogP contribution in [-0.4, -0.2) is 34.7 Å². The Hall–Kier alpha value is -0.550. The van der Waals surface area contributed by atoms with Crippen LogP contribution in [0.2, 0.25) is 0 Å². The van der Waals surface area contributed by atoms with E-state index in [1.165, 1.54) is 12.8 Å². The fourth-order valence-corrected chi connectivity index (χ4v) is 3.58. The van der Waals surface area contributed by atoms with E-state index < -0.39 is 0 Å². The molecule has 1 aliphatic heterocycles. The highest BCUT2D eigenvalue weighted by molar-refractivity contribution is 7.99. The van der Waals surface area contributed by atoms with E-state index in [4.69, 9.17) is 4.52 Å².